The summed E-state index contributed by atoms with van der Waals surface area (Å²) in [6.07, 6.45) is -2.72. The zero-order valence-electron chi connectivity index (χ0n) is 18.2. The van der Waals surface area contributed by atoms with Crippen LogP contribution in [0.2, 0.25) is 0 Å². The SMILES string of the molecule is CO[C@H]1[C@@H](COC(=O)c2ccccc2)OC(n2ccc(=O)[nH]c2=O)[C@@H]1OC(=O)c1ccccc1. The number of esters is 2. The minimum absolute atomic E-state index is 0.222. The summed E-state index contributed by atoms with van der Waals surface area (Å²) in [6, 6.07) is 17.8. The Balaban J connectivity index is 1.59. The molecule has 176 valence electrons. The Kier molecular flexibility index (Phi) is 7.00. The predicted molar refractivity (Wildman–Crippen MR) is 118 cm³/mol. The van der Waals surface area contributed by atoms with Gasteiger partial charge in [-0.05, 0) is 24.3 Å². The lowest BCUT2D eigenvalue weighted by Gasteiger charge is -2.23. The van der Waals surface area contributed by atoms with Crippen LogP contribution in [0.1, 0.15) is 26.9 Å². The number of H-pyrrole nitrogens is 1. The molecule has 1 N–H and O–H groups in total. The molecular weight excluding hydrogens is 444 g/mol. The van der Waals surface area contributed by atoms with E-state index in [1.807, 2.05) is 0 Å². The molecule has 0 spiro atoms. The number of rotatable bonds is 7. The molecule has 3 aromatic rings. The molecule has 0 amide bonds. The number of methoxy groups -OCH3 is 1. The Hall–Kier alpha value is -4.02. The van der Waals surface area contributed by atoms with Crippen LogP contribution < -0.4 is 11.2 Å². The molecule has 10 nitrogen and oxygen atoms in total. The van der Waals surface area contributed by atoms with Gasteiger partial charge in [0.1, 0.15) is 18.8 Å². The Morgan fingerprint density at radius 3 is 2.12 bits per heavy atom. The number of hydrogen-bond donors (Lipinski definition) is 1. The molecule has 1 saturated heterocycles. The highest BCUT2D eigenvalue weighted by molar-refractivity contribution is 5.89. The normalized spacial score (nSPS) is 21.7. The number of aromatic nitrogens is 2. The summed E-state index contributed by atoms with van der Waals surface area (Å²) in [7, 11) is 1.39. The van der Waals surface area contributed by atoms with Crippen LogP contribution in [-0.4, -0.2) is 53.5 Å². The van der Waals surface area contributed by atoms with Crippen molar-refractivity contribution >= 4 is 11.9 Å². The third-order valence-corrected chi connectivity index (χ3v) is 5.32. The molecule has 1 aliphatic heterocycles. The highest BCUT2D eigenvalue weighted by atomic mass is 16.6. The van der Waals surface area contributed by atoms with Crippen LogP contribution in [0.4, 0.5) is 0 Å². The van der Waals surface area contributed by atoms with E-state index in [1.54, 1.807) is 60.7 Å². The average molecular weight is 466 g/mol. The number of nitrogens with one attached hydrogen (secondary N) is 1. The average Bonchev–Trinajstić information content (AvgIpc) is 3.20. The van der Waals surface area contributed by atoms with E-state index in [0.29, 0.717) is 11.1 Å². The fourth-order valence-electron chi connectivity index (χ4n) is 3.69. The molecule has 2 heterocycles. The number of carbonyl (C=O) groups is 2. The maximum absolute atomic E-state index is 12.8. The standard InChI is InChI=1S/C24H22N2O8/c1-31-19-17(14-32-22(28)15-8-4-2-5-9-15)33-21(26-13-12-18(27)25-24(26)30)20(19)34-23(29)16-10-6-3-7-11-16/h2-13,17,19-21H,14H2,1H3,(H,25,27,30)/t17-,19+,20-,21?/m1/s1. The van der Waals surface area contributed by atoms with E-state index in [1.165, 1.54) is 13.3 Å². The summed E-state index contributed by atoms with van der Waals surface area (Å²) in [6.45, 7) is -0.222. The molecule has 4 rings (SSSR count). The van der Waals surface area contributed by atoms with Crippen molar-refractivity contribution in [2.24, 2.45) is 0 Å². The second kappa shape index (κ2) is 10.3. The Morgan fingerprint density at radius 2 is 1.53 bits per heavy atom. The van der Waals surface area contributed by atoms with Crippen molar-refractivity contribution in [3.05, 3.63) is 105 Å². The van der Waals surface area contributed by atoms with E-state index in [0.717, 1.165) is 10.6 Å². The highest BCUT2D eigenvalue weighted by Gasteiger charge is 2.49. The van der Waals surface area contributed by atoms with E-state index in [9.17, 15) is 19.2 Å². The van der Waals surface area contributed by atoms with Crippen molar-refractivity contribution < 1.29 is 28.5 Å². The van der Waals surface area contributed by atoms with Gasteiger partial charge < -0.3 is 18.9 Å². The third kappa shape index (κ3) is 4.98. The molecule has 1 fully saturated rings. The lowest BCUT2D eigenvalue weighted by atomic mass is 10.1. The van der Waals surface area contributed by atoms with Crippen LogP contribution in [-0.2, 0) is 18.9 Å². The minimum atomic E-state index is -1.14. The van der Waals surface area contributed by atoms with E-state index >= 15 is 0 Å². The molecule has 34 heavy (non-hydrogen) atoms. The van der Waals surface area contributed by atoms with Crippen molar-refractivity contribution in [1.82, 2.24) is 9.55 Å². The fourth-order valence-corrected chi connectivity index (χ4v) is 3.69. The van der Waals surface area contributed by atoms with E-state index < -0.39 is 47.7 Å². The van der Waals surface area contributed by atoms with Gasteiger partial charge in [-0.15, -0.1) is 0 Å². The first-order chi connectivity index (χ1) is 16.5. The van der Waals surface area contributed by atoms with E-state index in [4.69, 9.17) is 18.9 Å². The number of carbonyl (C=O) groups excluding carboxylic acids is 2. The zero-order valence-corrected chi connectivity index (χ0v) is 18.2. The van der Waals surface area contributed by atoms with Gasteiger partial charge in [-0.3, -0.25) is 14.3 Å². The van der Waals surface area contributed by atoms with Gasteiger partial charge in [0.15, 0.2) is 12.3 Å². The molecule has 1 aromatic heterocycles. The smallest absolute Gasteiger partial charge is 0.338 e. The second-order valence-electron chi connectivity index (χ2n) is 7.48. The Bertz CT molecular complexity index is 1250. The highest BCUT2D eigenvalue weighted by Crippen LogP contribution is 2.33. The molecule has 0 bridgehead atoms. The van der Waals surface area contributed by atoms with E-state index in [2.05, 4.69) is 4.98 Å². The minimum Gasteiger partial charge on any atom is -0.459 e. The number of ether oxygens (including phenoxy) is 4. The summed E-state index contributed by atoms with van der Waals surface area (Å²) in [5.74, 6) is -1.22. The van der Waals surface area contributed by atoms with Gasteiger partial charge in [0, 0.05) is 19.4 Å². The third-order valence-electron chi connectivity index (χ3n) is 5.32. The van der Waals surface area contributed by atoms with Crippen molar-refractivity contribution in [3.8, 4) is 0 Å². The number of nitrogens with zero attached hydrogens (tertiary/aromatic N) is 1. The molecule has 2 aromatic carbocycles. The quantitative estimate of drug-likeness (QED) is 0.520. The maximum Gasteiger partial charge on any atom is 0.338 e. The Morgan fingerprint density at radius 1 is 0.912 bits per heavy atom. The number of hydrogen-bond acceptors (Lipinski definition) is 8. The predicted octanol–water partition coefficient (Wildman–Crippen LogP) is 1.53. The van der Waals surface area contributed by atoms with Crippen LogP contribution in [0.3, 0.4) is 0 Å². The van der Waals surface area contributed by atoms with Gasteiger partial charge in [-0.2, -0.15) is 0 Å². The van der Waals surface area contributed by atoms with Crippen LogP contribution in [0.25, 0.3) is 0 Å². The van der Waals surface area contributed by atoms with Crippen LogP contribution >= 0.6 is 0 Å². The summed E-state index contributed by atoms with van der Waals surface area (Å²) < 4.78 is 23.7. The van der Waals surface area contributed by atoms with Gasteiger partial charge in [0.2, 0.25) is 0 Å². The summed E-state index contributed by atoms with van der Waals surface area (Å²) >= 11 is 0. The van der Waals surface area contributed by atoms with Gasteiger partial charge >= 0.3 is 17.6 Å². The summed E-state index contributed by atoms with van der Waals surface area (Å²) in [4.78, 5) is 51.3. The molecular formula is C24H22N2O8. The molecule has 0 radical (unpaired) electrons. The monoisotopic (exact) mass is 466 g/mol. The molecule has 10 heteroatoms. The number of benzene rings is 2. The van der Waals surface area contributed by atoms with Crippen molar-refractivity contribution in [1.29, 1.82) is 0 Å². The molecule has 4 atom stereocenters. The summed E-state index contributed by atoms with van der Waals surface area (Å²) in [5.41, 5.74) is -0.692. The largest absolute Gasteiger partial charge is 0.459 e. The first-order valence-corrected chi connectivity index (χ1v) is 10.5. The van der Waals surface area contributed by atoms with Crippen LogP contribution in [0, 0.1) is 0 Å². The Labute approximate surface area is 193 Å². The first kappa shape index (κ1) is 23.1. The molecule has 0 saturated carbocycles. The van der Waals surface area contributed by atoms with Crippen LogP contribution in [0.5, 0.6) is 0 Å². The van der Waals surface area contributed by atoms with Gasteiger partial charge in [0.25, 0.3) is 5.56 Å². The van der Waals surface area contributed by atoms with Gasteiger partial charge in [-0.25, -0.2) is 14.4 Å². The van der Waals surface area contributed by atoms with Gasteiger partial charge in [0.05, 0.1) is 11.1 Å². The van der Waals surface area contributed by atoms with E-state index in [-0.39, 0.29) is 6.61 Å². The maximum atomic E-state index is 12.8. The molecule has 0 aliphatic carbocycles. The van der Waals surface area contributed by atoms with Gasteiger partial charge in [-0.1, -0.05) is 36.4 Å². The van der Waals surface area contributed by atoms with Crippen molar-refractivity contribution in [2.45, 2.75) is 24.5 Å². The fraction of sp³-hybridized carbons (Fsp3) is 0.250. The lowest BCUT2D eigenvalue weighted by molar-refractivity contribution is -0.0643. The molecule has 1 unspecified atom stereocenters. The second-order valence-corrected chi connectivity index (χ2v) is 7.48. The van der Waals surface area contributed by atoms with Crippen LogP contribution in [0.15, 0.2) is 82.5 Å². The molecule has 1 aliphatic rings. The number of aromatic amines is 1. The van der Waals surface area contributed by atoms with Crippen molar-refractivity contribution in [2.75, 3.05) is 13.7 Å². The zero-order chi connectivity index (χ0) is 24.1. The topological polar surface area (TPSA) is 126 Å². The van der Waals surface area contributed by atoms with Crippen molar-refractivity contribution in [3.63, 3.8) is 0 Å². The first-order valence-electron chi connectivity index (χ1n) is 10.5. The lowest BCUT2D eigenvalue weighted by Crippen LogP contribution is -2.41. The summed E-state index contributed by atoms with van der Waals surface area (Å²) in [5, 5.41) is 0.